The number of rotatable bonds is 5. The summed E-state index contributed by atoms with van der Waals surface area (Å²) < 4.78 is 0. The van der Waals surface area contributed by atoms with Crippen LogP contribution < -0.4 is 5.32 Å². The van der Waals surface area contributed by atoms with Gasteiger partial charge >= 0.3 is 0 Å². The Hall–Kier alpha value is -0.450. The first-order chi connectivity index (χ1) is 9.11. The van der Waals surface area contributed by atoms with Crippen molar-refractivity contribution < 1.29 is 0 Å². The van der Waals surface area contributed by atoms with E-state index < -0.39 is 0 Å². The minimum absolute atomic E-state index is 0.442. The van der Waals surface area contributed by atoms with Crippen molar-refractivity contribution in [3.8, 4) is 0 Å². The number of thiazole rings is 1. The van der Waals surface area contributed by atoms with Crippen LogP contribution in [0.1, 0.15) is 48.3 Å². The number of aromatic nitrogens is 1. The molecule has 0 bridgehead atoms. The zero-order valence-electron chi connectivity index (χ0n) is 12.7. The summed E-state index contributed by atoms with van der Waals surface area (Å²) >= 11 is 1.82. The van der Waals surface area contributed by atoms with Crippen molar-refractivity contribution in [3.63, 3.8) is 0 Å². The molecular weight excluding hydrogens is 254 g/mol. The topological polar surface area (TPSA) is 28.2 Å². The molecule has 0 spiro atoms. The van der Waals surface area contributed by atoms with Gasteiger partial charge in [0.2, 0.25) is 0 Å². The third-order valence-electron chi connectivity index (χ3n) is 4.18. The van der Waals surface area contributed by atoms with E-state index in [2.05, 4.69) is 37.9 Å². The molecule has 1 aliphatic heterocycles. The maximum absolute atomic E-state index is 4.73. The number of nitrogens with one attached hydrogen (secondary N) is 1. The van der Waals surface area contributed by atoms with Crippen LogP contribution in [0.5, 0.6) is 0 Å². The average Bonchev–Trinajstić information content (AvgIpc) is 2.75. The first kappa shape index (κ1) is 14.9. The van der Waals surface area contributed by atoms with Crippen molar-refractivity contribution in [2.75, 3.05) is 26.2 Å². The zero-order chi connectivity index (χ0) is 13.8. The van der Waals surface area contributed by atoms with E-state index in [0.29, 0.717) is 6.04 Å². The maximum atomic E-state index is 4.73. The zero-order valence-corrected chi connectivity index (χ0v) is 13.5. The second kappa shape index (κ2) is 6.82. The highest BCUT2D eigenvalue weighted by Crippen LogP contribution is 2.27. The number of hydrogen-bond donors (Lipinski definition) is 1. The van der Waals surface area contributed by atoms with Gasteiger partial charge in [-0.05, 0) is 59.2 Å². The van der Waals surface area contributed by atoms with Crippen molar-refractivity contribution in [2.24, 2.45) is 5.92 Å². The molecular formula is C15H27N3S. The molecule has 2 heterocycles. The van der Waals surface area contributed by atoms with Crippen LogP contribution in [0.3, 0.4) is 0 Å². The van der Waals surface area contributed by atoms with Crippen molar-refractivity contribution in [1.82, 2.24) is 15.2 Å². The summed E-state index contributed by atoms with van der Waals surface area (Å²) in [6, 6.07) is 0.442. The van der Waals surface area contributed by atoms with Gasteiger partial charge in [-0.1, -0.05) is 6.92 Å². The van der Waals surface area contributed by atoms with Gasteiger partial charge < -0.3 is 5.32 Å². The smallest absolute Gasteiger partial charge is 0.0900 e. The summed E-state index contributed by atoms with van der Waals surface area (Å²) in [5.41, 5.74) is 1.29. The molecule has 1 aromatic heterocycles. The van der Waals surface area contributed by atoms with Crippen LogP contribution in [0.15, 0.2) is 0 Å². The summed E-state index contributed by atoms with van der Waals surface area (Å²) in [4.78, 5) is 8.70. The van der Waals surface area contributed by atoms with Gasteiger partial charge in [0.05, 0.1) is 16.7 Å². The van der Waals surface area contributed by atoms with E-state index in [1.54, 1.807) is 0 Å². The quantitative estimate of drug-likeness (QED) is 0.898. The molecule has 0 aliphatic carbocycles. The minimum Gasteiger partial charge on any atom is -0.316 e. The van der Waals surface area contributed by atoms with Crippen LogP contribution in [-0.4, -0.2) is 36.1 Å². The molecule has 3 nitrogen and oxygen atoms in total. The highest BCUT2D eigenvalue weighted by atomic mass is 32.1. The van der Waals surface area contributed by atoms with Crippen LogP contribution >= 0.6 is 11.3 Å². The summed E-state index contributed by atoms with van der Waals surface area (Å²) in [5, 5.41) is 4.71. The Morgan fingerprint density at radius 3 is 2.79 bits per heavy atom. The molecule has 4 heteroatoms. The molecule has 1 aliphatic rings. The Bertz CT molecular complexity index is 396. The third kappa shape index (κ3) is 3.77. The first-order valence-corrected chi connectivity index (χ1v) is 8.32. The largest absolute Gasteiger partial charge is 0.316 e. The molecule has 1 aromatic rings. The van der Waals surface area contributed by atoms with Crippen LogP contribution in [0.2, 0.25) is 0 Å². The van der Waals surface area contributed by atoms with Gasteiger partial charge in [-0.2, -0.15) is 0 Å². The van der Waals surface area contributed by atoms with Gasteiger partial charge in [-0.25, -0.2) is 4.98 Å². The molecule has 1 saturated heterocycles. The van der Waals surface area contributed by atoms with E-state index >= 15 is 0 Å². The van der Waals surface area contributed by atoms with Gasteiger partial charge in [0.15, 0.2) is 0 Å². The number of nitrogens with zero attached hydrogens (tertiary/aromatic N) is 2. The third-order valence-corrected chi connectivity index (χ3v) is 5.08. The van der Waals surface area contributed by atoms with E-state index in [1.807, 2.05) is 11.3 Å². The molecule has 0 aromatic carbocycles. The number of aryl methyl sites for hydroxylation is 2. The van der Waals surface area contributed by atoms with Crippen LogP contribution in [-0.2, 0) is 0 Å². The molecule has 1 N–H and O–H groups in total. The van der Waals surface area contributed by atoms with Crippen molar-refractivity contribution in [1.29, 1.82) is 0 Å². The molecule has 108 valence electrons. The SMILES string of the molecule is CCN(CC1CCCNC1)C(C)c1nc(C)sc1C. The van der Waals surface area contributed by atoms with E-state index in [1.165, 1.54) is 48.1 Å². The highest BCUT2D eigenvalue weighted by molar-refractivity contribution is 7.11. The van der Waals surface area contributed by atoms with Crippen molar-refractivity contribution >= 4 is 11.3 Å². The Labute approximate surface area is 121 Å². The lowest BCUT2D eigenvalue weighted by atomic mass is 9.98. The molecule has 0 saturated carbocycles. The number of piperidine rings is 1. The molecule has 2 atom stereocenters. The fourth-order valence-electron chi connectivity index (χ4n) is 3.08. The highest BCUT2D eigenvalue weighted by Gasteiger charge is 2.23. The van der Waals surface area contributed by atoms with E-state index in [-0.39, 0.29) is 0 Å². The number of hydrogen-bond acceptors (Lipinski definition) is 4. The average molecular weight is 281 g/mol. The normalized spacial score (nSPS) is 21.8. The van der Waals surface area contributed by atoms with Gasteiger partial charge in [-0.15, -0.1) is 11.3 Å². The molecule has 0 amide bonds. The van der Waals surface area contributed by atoms with E-state index in [9.17, 15) is 0 Å². The van der Waals surface area contributed by atoms with Gasteiger partial charge in [0.25, 0.3) is 0 Å². The molecule has 2 rings (SSSR count). The Balaban J connectivity index is 2.01. The van der Waals surface area contributed by atoms with Gasteiger partial charge in [0.1, 0.15) is 0 Å². The van der Waals surface area contributed by atoms with Crippen LogP contribution in [0.4, 0.5) is 0 Å². The first-order valence-electron chi connectivity index (χ1n) is 7.50. The van der Waals surface area contributed by atoms with Crippen molar-refractivity contribution in [3.05, 3.63) is 15.6 Å². The maximum Gasteiger partial charge on any atom is 0.0900 e. The summed E-state index contributed by atoms with van der Waals surface area (Å²) in [6.07, 6.45) is 2.69. The second-order valence-corrected chi connectivity index (χ2v) is 7.06. The lowest BCUT2D eigenvalue weighted by Crippen LogP contribution is -2.39. The Kier molecular flexibility index (Phi) is 5.37. The van der Waals surface area contributed by atoms with Gasteiger partial charge in [0, 0.05) is 11.4 Å². The standard InChI is InChI=1S/C15H27N3S/c1-5-18(10-14-7-6-8-16-9-14)11(2)15-12(3)19-13(4)17-15/h11,14,16H,5-10H2,1-4H3. The summed E-state index contributed by atoms with van der Waals surface area (Å²) in [6.45, 7) is 13.6. The molecule has 1 fully saturated rings. The minimum atomic E-state index is 0.442. The second-order valence-electron chi connectivity index (χ2n) is 5.65. The van der Waals surface area contributed by atoms with E-state index in [4.69, 9.17) is 4.98 Å². The van der Waals surface area contributed by atoms with Crippen LogP contribution in [0.25, 0.3) is 0 Å². The van der Waals surface area contributed by atoms with E-state index in [0.717, 1.165) is 12.5 Å². The molecule has 2 unspecified atom stereocenters. The predicted octanol–water partition coefficient (Wildman–Crippen LogP) is 3.14. The lowest BCUT2D eigenvalue weighted by Gasteiger charge is -2.33. The van der Waals surface area contributed by atoms with Gasteiger partial charge in [-0.3, -0.25) is 4.90 Å². The lowest BCUT2D eigenvalue weighted by molar-refractivity contribution is 0.168. The molecule has 0 radical (unpaired) electrons. The van der Waals surface area contributed by atoms with Crippen molar-refractivity contribution in [2.45, 2.75) is 46.6 Å². The summed E-state index contributed by atoms with van der Waals surface area (Å²) in [5.74, 6) is 0.802. The van der Waals surface area contributed by atoms with Crippen LogP contribution in [0, 0.1) is 19.8 Å². The summed E-state index contributed by atoms with van der Waals surface area (Å²) in [7, 11) is 0. The predicted molar refractivity (Wildman–Crippen MR) is 82.8 cm³/mol. The molecule has 19 heavy (non-hydrogen) atoms. The monoisotopic (exact) mass is 281 g/mol. The Morgan fingerprint density at radius 2 is 2.26 bits per heavy atom. The fourth-order valence-corrected chi connectivity index (χ4v) is 3.99. The Morgan fingerprint density at radius 1 is 1.47 bits per heavy atom. The fraction of sp³-hybridized carbons (Fsp3) is 0.800.